The van der Waals surface area contributed by atoms with Crippen LogP contribution in [0.4, 0.5) is 17.6 Å². The molecule has 0 aromatic heterocycles. The van der Waals surface area contributed by atoms with Gasteiger partial charge in [-0.1, -0.05) is 0 Å². The fourth-order valence-corrected chi connectivity index (χ4v) is 1.93. The highest BCUT2D eigenvalue weighted by Gasteiger charge is 2.35. The van der Waals surface area contributed by atoms with Gasteiger partial charge >= 0.3 is 6.18 Å². The summed E-state index contributed by atoms with van der Waals surface area (Å²) in [7, 11) is 0. The van der Waals surface area contributed by atoms with E-state index in [-0.39, 0.29) is 11.3 Å². The lowest BCUT2D eigenvalue weighted by atomic mass is 10.1. The maximum atomic E-state index is 13.1. The summed E-state index contributed by atoms with van der Waals surface area (Å²) < 4.78 is 57.5. The van der Waals surface area contributed by atoms with Gasteiger partial charge in [-0.15, -0.1) is 0 Å². The minimum Gasteiger partial charge on any atom is -0.455 e. The summed E-state index contributed by atoms with van der Waals surface area (Å²) in [5.41, 5.74) is -1.24. The van der Waals surface area contributed by atoms with E-state index in [0.29, 0.717) is 16.8 Å². The Kier molecular flexibility index (Phi) is 4.32. The molecule has 0 aliphatic rings. The fourth-order valence-electron chi connectivity index (χ4n) is 1.61. The highest BCUT2D eigenvalue weighted by molar-refractivity contribution is 9.10. The Bertz CT molecular complexity index is 683. The molecule has 0 saturated carbocycles. The van der Waals surface area contributed by atoms with Crippen LogP contribution in [0.25, 0.3) is 0 Å². The molecule has 0 heterocycles. The first-order chi connectivity index (χ1) is 9.81. The Morgan fingerprint density at radius 2 is 1.76 bits per heavy atom. The molecule has 0 bridgehead atoms. The number of hydrogen-bond acceptors (Lipinski definition) is 2. The van der Waals surface area contributed by atoms with Crippen molar-refractivity contribution in [1.29, 1.82) is 0 Å². The van der Waals surface area contributed by atoms with Gasteiger partial charge in [-0.2, -0.15) is 13.2 Å². The van der Waals surface area contributed by atoms with E-state index in [4.69, 9.17) is 4.74 Å². The van der Waals surface area contributed by atoms with Crippen molar-refractivity contribution in [3.63, 3.8) is 0 Å². The predicted octanol–water partition coefficient (Wildman–Crippen LogP) is 5.21. The van der Waals surface area contributed by atoms with Crippen LogP contribution in [0, 0.1) is 5.82 Å². The quantitative estimate of drug-likeness (QED) is 0.553. The SMILES string of the molecule is O=Cc1ccc(Oc2cc(F)ccc2Br)c(C(F)(F)F)c1. The number of hydrogen-bond donors (Lipinski definition) is 0. The third-order valence-corrected chi connectivity index (χ3v) is 3.21. The van der Waals surface area contributed by atoms with Crippen LogP contribution in [0.2, 0.25) is 0 Å². The summed E-state index contributed by atoms with van der Waals surface area (Å²) in [5.74, 6) is -1.26. The lowest BCUT2D eigenvalue weighted by Crippen LogP contribution is -2.08. The highest BCUT2D eigenvalue weighted by Crippen LogP contribution is 2.40. The van der Waals surface area contributed by atoms with Crippen LogP contribution in [-0.4, -0.2) is 6.29 Å². The van der Waals surface area contributed by atoms with Gasteiger partial charge < -0.3 is 4.74 Å². The first-order valence-electron chi connectivity index (χ1n) is 5.60. The second-order valence-corrected chi connectivity index (χ2v) is 4.90. The van der Waals surface area contributed by atoms with Crippen LogP contribution >= 0.6 is 15.9 Å². The third kappa shape index (κ3) is 3.60. The van der Waals surface area contributed by atoms with E-state index < -0.39 is 23.3 Å². The molecule has 2 nitrogen and oxygen atoms in total. The number of aldehydes is 1. The molecule has 0 N–H and O–H groups in total. The van der Waals surface area contributed by atoms with Gasteiger partial charge in [0.1, 0.15) is 23.6 Å². The van der Waals surface area contributed by atoms with Gasteiger partial charge in [-0.25, -0.2) is 4.39 Å². The molecule has 0 unspecified atom stereocenters. The number of alkyl halides is 3. The normalized spacial score (nSPS) is 11.3. The van der Waals surface area contributed by atoms with Crippen molar-refractivity contribution in [2.75, 3.05) is 0 Å². The molecule has 0 spiro atoms. The van der Waals surface area contributed by atoms with E-state index in [1.165, 1.54) is 12.1 Å². The zero-order valence-corrected chi connectivity index (χ0v) is 11.8. The molecular weight excluding hydrogens is 356 g/mol. The van der Waals surface area contributed by atoms with Crippen LogP contribution in [0.3, 0.4) is 0 Å². The Labute approximate surface area is 125 Å². The molecule has 2 rings (SSSR count). The number of carbonyl (C=O) groups excluding carboxylic acids is 1. The highest BCUT2D eigenvalue weighted by atomic mass is 79.9. The van der Waals surface area contributed by atoms with E-state index >= 15 is 0 Å². The van der Waals surface area contributed by atoms with Gasteiger partial charge in [0, 0.05) is 11.6 Å². The monoisotopic (exact) mass is 362 g/mol. The molecule has 0 atom stereocenters. The predicted molar refractivity (Wildman–Crippen MR) is 71.0 cm³/mol. The van der Waals surface area contributed by atoms with Gasteiger partial charge in [-0.3, -0.25) is 4.79 Å². The summed E-state index contributed by atoms with van der Waals surface area (Å²) >= 11 is 3.06. The summed E-state index contributed by atoms with van der Waals surface area (Å²) in [6, 6.07) is 6.29. The smallest absolute Gasteiger partial charge is 0.420 e. The molecule has 0 radical (unpaired) electrons. The summed E-state index contributed by atoms with van der Waals surface area (Å²) in [6.45, 7) is 0. The molecule has 0 aliphatic carbocycles. The summed E-state index contributed by atoms with van der Waals surface area (Å²) in [6.07, 6.45) is -4.40. The van der Waals surface area contributed by atoms with E-state index in [1.54, 1.807) is 0 Å². The average molecular weight is 363 g/mol. The van der Waals surface area contributed by atoms with Crippen molar-refractivity contribution >= 4 is 22.2 Å². The molecule has 21 heavy (non-hydrogen) atoms. The maximum absolute atomic E-state index is 13.1. The van der Waals surface area contributed by atoms with Crippen LogP contribution in [0.1, 0.15) is 15.9 Å². The number of carbonyl (C=O) groups is 1. The number of ether oxygens (including phenoxy) is 1. The number of halogens is 5. The van der Waals surface area contributed by atoms with Crippen LogP contribution in [0.5, 0.6) is 11.5 Å². The summed E-state index contributed by atoms with van der Waals surface area (Å²) in [4.78, 5) is 10.6. The molecule has 0 fully saturated rings. The second kappa shape index (κ2) is 5.85. The molecule has 110 valence electrons. The van der Waals surface area contributed by atoms with Crippen molar-refractivity contribution in [1.82, 2.24) is 0 Å². The van der Waals surface area contributed by atoms with Gasteiger partial charge in [-0.05, 0) is 46.3 Å². The molecule has 7 heteroatoms. The van der Waals surface area contributed by atoms with E-state index in [2.05, 4.69) is 15.9 Å². The van der Waals surface area contributed by atoms with Gasteiger partial charge in [0.05, 0.1) is 10.0 Å². The minimum absolute atomic E-state index is 0.0978. The van der Waals surface area contributed by atoms with Gasteiger partial charge in [0.25, 0.3) is 0 Å². The molecule has 0 saturated heterocycles. The Morgan fingerprint density at radius 3 is 2.38 bits per heavy atom. The fraction of sp³-hybridized carbons (Fsp3) is 0.0714. The largest absolute Gasteiger partial charge is 0.455 e. The van der Waals surface area contributed by atoms with Crippen molar-refractivity contribution in [2.45, 2.75) is 6.18 Å². The zero-order chi connectivity index (χ0) is 15.6. The van der Waals surface area contributed by atoms with Crippen molar-refractivity contribution in [2.24, 2.45) is 0 Å². The van der Waals surface area contributed by atoms with Crippen molar-refractivity contribution in [3.05, 3.63) is 57.8 Å². The summed E-state index contributed by atoms with van der Waals surface area (Å²) in [5, 5.41) is 0. The van der Waals surface area contributed by atoms with Crippen molar-refractivity contribution < 1.29 is 27.1 Å². The van der Waals surface area contributed by atoms with Crippen molar-refractivity contribution in [3.8, 4) is 11.5 Å². The topological polar surface area (TPSA) is 26.3 Å². The van der Waals surface area contributed by atoms with Crippen LogP contribution in [0.15, 0.2) is 40.9 Å². The molecule has 2 aromatic rings. The Balaban J connectivity index is 2.48. The number of benzene rings is 2. The standard InChI is InChI=1S/C14H7BrF4O2/c15-11-3-2-9(16)6-13(11)21-12-4-1-8(7-20)5-10(12)14(17,18)19/h1-7H. The average Bonchev–Trinajstić information content (AvgIpc) is 2.42. The Hall–Kier alpha value is -1.89. The second-order valence-electron chi connectivity index (χ2n) is 4.05. The Morgan fingerprint density at radius 1 is 1.05 bits per heavy atom. The van der Waals surface area contributed by atoms with Gasteiger partial charge in [0.15, 0.2) is 0 Å². The van der Waals surface area contributed by atoms with Crippen LogP contribution < -0.4 is 4.74 Å². The van der Waals surface area contributed by atoms with E-state index in [9.17, 15) is 22.4 Å². The van der Waals surface area contributed by atoms with E-state index in [0.717, 1.165) is 18.2 Å². The van der Waals surface area contributed by atoms with Gasteiger partial charge in [0.2, 0.25) is 0 Å². The first-order valence-corrected chi connectivity index (χ1v) is 6.40. The van der Waals surface area contributed by atoms with Crippen LogP contribution in [-0.2, 0) is 6.18 Å². The lowest BCUT2D eigenvalue weighted by Gasteiger charge is -2.15. The zero-order valence-electron chi connectivity index (χ0n) is 10.2. The first kappa shape index (κ1) is 15.5. The number of rotatable bonds is 3. The molecule has 0 amide bonds. The molecule has 0 aliphatic heterocycles. The lowest BCUT2D eigenvalue weighted by molar-refractivity contribution is -0.138. The molecule has 2 aromatic carbocycles. The maximum Gasteiger partial charge on any atom is 0.420 e. The third-order valence-electron chi connectivity index (χ3n) is 2.56. The van der Waals surface area contributed by atoms with E-state index in [1.807, 2.05) is 0 Å². The molecular formula is C14H7BrF4O2. The minimum atomic E-state index is -4.70.